The number of thiazole rings is 1. The van der Waals surface area contributed by atoms with Crippen LogP contribution in [0.4, 0.5) is 16.4 Å². The SMILES string of the molecule is Cc1nc(/C(C#N)=N/Nc2ccccc2Cl)sc1N=Nc1ccc(Br)cc1. The summed E-state index contributed by atoms with van der Waals surface area (Å²) in [5.41, 5.74) is 4.95. The number of halogens is 2. The Kier molecular flexibility index (Phi) is 6.29. The van der Waals surface area contributed by atoms with Gasteiger partial charge in [0.1, 0.15) is 6.07 Å². The predicted molar refractivity (Wildman–Crippen MR) is 112 cm³/mol. The highest BCUT2D eigenvalue weighted by Gasteiger charge is 2.13. The van der Waals surface area contributed by atoms with Gasteiger partial charge in [-0.1, -0.05) is 51.0 Å². The Hall–Kier alpha value is -2.60. The number of nitrogens with one attached hydrogen (secondary N) is 1. The van der Waals surface area contributed by atoms with Crippen LogP contribution in [0.25, 0.3) is 0 Å². The van der Waals surface area contributed by atoms with Crippen molar-refractivity contribution in [2.24, 2.45) is 15.3 Å². The molecule has 0 saturated heterocycles. The fourth-order valence-electron chi connectivity index (χ4n) is 1.98. The minimum absolute atomic E-state index is 0.146. The van der Waals surface area contributed by atoms with Crippen molar-refractivity contribution in [3.8, 4) is 6.07 Å². The number of aromatic nitrogens is 1. The average molecular weight is 460 g/mol. The van der Waals surface area contributed by atoms with Gasteiger partial charge in [-0.15, -0.1) is 10.2 Å². The molecule has 3 aromatic rings. The van der Waals surface area contributed by atoms with Crippen molar-refractivity contribution in [2.45, 2.75) is 6.92 Å². The first kappa shape index (κ1) is 19.2. The number of hydrogen-bond donors (Lipinski definition) is 1. The third kappa shape index (κ3) is 4.98. The Labute approximate surface area is 173 Å². The monoisotopic (exact) mass is 458 g/mol. The van der Waals surface area contributed by atoms with E-state index in [4.69, 9.17) is 11.6 Å². The Morgan fingerprint density at radius 3 is 2.63 bits per heavy atom. The van der Waals surface area contributed by atoms with Crippen molar-refractivity contribution in [3.05, 3.63) is 68.7 Å². The van der Waals surface area contributed by atoms with Gasteiger partial charge < -0.3 is 0 Å². The van der Waals surface area contributed by atoms with Crippen LogP contribution in [0, 0.1) is 18.3 Å². The first-order valence-electron chi connectivity index (χ1n) is 7.70. The van der Waals surface area contributed by atoms with Crippen LogP contribution in [0.15, 0.2) is 68.3 Å². The lowest BCUT2D eigenvalue weighted by Gasteiger charge is -2.02. The molecule has 0 spiro atoms. The van der Waals surface area contributed by atoms with Gasteiger partial charge in [0.05, 0.1) is 22.1 Å². The molecule has 134 valence electrons. The molecule has 0 atom stereocenters. The number of aryl methyl sites for hydroxylation is 1. The zero-order valence-corrected chi connectivity index (χ0v) is 17.2. The van der Waals surface area contributed by atoms with Crippen molar-refractivity contribution in [3.63, 3.8) is 0 Å². The zero-order valence-electron chi connectivity index (χ0n) is 14.0. The Bertz CT molecular complexity index is 1050. The topological polar surface area (TPSA) is 85.8 Å². The Morgan fingerprint density at radius 1 is 1.19 bits per heavy atom. The smallest absolute Gasteiger partial charge is 0.196 e. The largest absolute Gasteiger partial charge is 0.276 e. The van der Waals surface area contributed by atoms with E-state index in [1.165, 1.54) is 11.3 Å². The summed E-state index contributed by atoms with van der Waals surface area (Å²) >= 11 is 10.7. The standard InChI is InChI=1S/C18H12BrClN6S/c1-11-17(26-23-13-8-6-12(19)7-9-13)27-18(22-11)16(10-21)25-24-15-5-3-2-4-14(15)20/h2-9,24H,1H3/b25-16+,26-23?. The van der Waals surface area contributed by atoms with E-state index in [1.54, 1.807) is 12.1 Å². The predicted octanol–water partition coefficient (Wildman–Crippen LogP) is 6.62. The Morgan fingerprint density at radius 2 is 1.93 bits per heavy atom. The number of para-hydroxylation sites is 1. The highest BCUT2D eigenvalue weighted by Crippen LogP contribution is 2.30. The van der Waals surface area contributed by atoms with E-state index in [2.05, 4.69) is 41.7 Å². The molecule has 0 fully saturated rings. The maximum absolute atomic E-state index is 9.42. The van der Waals surface area contributed by atoms with E-state index in [-0.39, 0.29) is 5.71 Å². The van der Waals surface area contributed by atoms with Crippen LogP contribution in [0.3, 0.4) is 0 Å². The lowest BCUT2D eigenvalue weighted by Crippen LogP contribution is -2.01. The molecule has 1 N–H and O–H groups in total. The lowest BCUT2D eigenvalue weighted by molar-refractivity contribution is 1.18. The number of anilines is 1. The molecule has 0 radical (unpaired) electrons. The van der Waals surface area contributed by atoms with Gasteiger partial charge in [0.2, 0.25) is 0 Å². The summed E-state index contributed by atoms with van der Waals surface area (Å²) in [4.78, 5) is 4.37. The van der Waals surface area contributed by atoms with Crippen molar-refractivity contribution in [1.29, 1.82) is 5.26 Å². The highest BCUT2D eigenvalue weighted by molar-refractivity contribution is 9.10. The van der Waals surface area contributed by atoms with Crippen LogP contribution in [0.2, 0.25) is 5.02 Å². The van der Waals surface area contributed by atoms with E-state index < -0.39 is 0 Å². The van der Waals surface area contributed by atoms with E-state index in [1.807, 2.05) is 49.4 Å². The molecule has 6 nitrogen and oxygen atoms in total. The summed E-state index contributed by atoms with van der Waals surface area (Å²) in [6.07, 6.45) is 0. The first-order valence-corrected chi connectivity index (χ1v) is 9.69. The molecule has 0 saturated carbocycles. The van der Waals surface area contributed by atoms with Gasteiger partial charge in [-0.25, -0.2) is 4.98 Å². The molecule has 0 aliphatic rings. The van der Waals surface area contributed by atoms with E-state index in [0.717, 1.165) is 10.2 Å². The maximum atomic E-state index is 9.42. The molecular formula is C18H12BrClN6S. The van der Waals surface area contributed by atoms with Crippen LogP contribution >= 0.6 is 38.9 Å². The third-order valence-electron chi connectivity index (χ3n) is 3.33. The minimum atomic E-state index is 0.146. The number of hydrazone groups is 1. The van der Waals surface area contributed by atoms with Crippen LogP contribution in [-0.2, 0) is 0 Å². The molecule has 3 rings (SSSR count). The average Bonchev–Trinajstić information content (AvgIpc) is 3.04. The summed E-state index contributed by atoms with van der Waals surface area (Å²) in [5, 5.41) is 23.6. The van der Waals surface area contributed by atoms with Gasteiger partial charge >= 0.3 is 0 Å². The van der Waals surface area contributed by atoms with E-state index >= 15 is 0 Å². The normalized spacial score (nSPS) is 11.6. The van der Waals surface area contributed by atoms with Crippen LogP contribution in [0.1, 0.15) is 10.7 Å². The summed E-state index contributed by atoms with van der Waals surface area (Å²) in [7, 11) is 0. The zero-order chi connectivity index (χ0) is 19.2. The number of nitrogens with zero attached hydrogens (tertiary/aromatic N) is 5. The summed E-state index contributed by atoms with van der Waals surface area (Å²) in [5.74, 6) is 0. The van der Waals surface area contributed by atoms with E-state index in [0.29, 0.717) is 26.4 Å². The van der Waals surface area contributed by atoms with Gasteiger partial charge in [-0.3, -0.25) is 5.43 Å². The molecule has 1 aromatic heterocycles. The van der Waals surface area contributed by atoms with Gasteiger partial charge in [0.25, 0.3) is 0 Å². The molecule has 27 heavy (non-hydrogen) atoms. The summed E-state index contributed by atoms with van der Waals surface area (Å²) in [6.45, 7) is 1.81. The summed E-state index contributed by atoms with van der Waals surface area (Å²) < 4.78 is 0.971. The van der Waals surface area contributed by atoms with Crippen LogP contribution in [-0.4, -0.2) is 10.7 Å². The van der Waals surface area contributed by atoms with E-state index in [9.17, 15) is 5.26 Å². The van der Waals surface area contributed by atoms with Crippen molar-refractivity contribution >= 4 is 61.0 Å². The molecule has 1 heterocycles. The van der Waals surface area contributed by atoms with Crippen molar-refractivity contribution < 1.29 is 0 Å². The van der Waals surface area contributed by atoms with Gasteiger partial charge in [0.15, 0.2) is 15.7 Å². The number of azo groups is 1. The quantitative estimate of drug-likeness (QED) is 0.264. The van der Waals surface area contributed by atoms with Gasteiger partial charge in [-0.2, -0.15) is 10.4 Å². The van der Waals surface area contributed by atoms with Crippen LogP contribution in [0.5, 0.6) is 0 Å². The summed E-state index contributed by atoms with van der Waals surface area (Å²) in [6, 6.07) is 16.7. The number of benzene rings is 2. The molecule has 0 amide bonds. The molecular weight excluding hydrogens is 448 g/mol. The molecule has 0 bridgehead atoms. The maximum Gasteiger partial charge on any atom is 0.196 e. The molecule has 2 aromatic carbocycles. The highest BCUT2D eigenvalue weighted by atomic mass is 79.9. The third-order valence-corrected chi connectivity index (χ3v) is 5.23. The molecule has 0 aliphatic heterocycles. The first-order chi connectivity index (χ1) is 13.1. The number of rotatable bonds is 5. The fourth-order valence-corrected chi connectivity index (χ4v) is 3.25. The van der Waals surface area contributed by atoms with Gasteiger partial charge in [0, 0.05) is 4.47 Å². The van der Waals surface area contributed by atoms with Crippen molar-refractivity contribution in [2.75, 3.05) is 5.43 Å². The minimum Gasteiger partial charge on any atom is -0.276 e. The van der Waals surface area contributed by atoms with Crippen LogP contribution < -0.4 is 5.43 Å². The van der Waals surface area contributed by atoms with Gasteiger partial charge in [-0.05, 0) is 43.3 Å². The molecule has 0 aliphatic carbocycles. The fraction of sp³-hybridized carbons (Fsp3) is 0.0556. The molecule has 9 heteroatoms. The van der Waals surface area contributed by atoms with Crippen molar-refractivity contribution in [1.82, 2.24) is 4.98 Å². The number of nitriles is 1. The second-order valence-corrected chi connectivity index (χ2v) is 7.55. The number of hydrogen-bond acceptors (Lipinski definition) is 7. The molecule has 0 unspecified atom stereocenters. The second kappa shape index (κ2) is 8.86. The second-order valence-electron chi connectivity index (χ2n) is 5.25. The Balaban J connectivity index is 1.81. The lowest BCUT2D eigenvalue weighted by atomic mass is 10.3.